The Morgan fingerprint density at radius 1 is 1.50 bits per heavy atom. The van der Waals surface area contributed by atoms with Gasteiger partial charge in [0, 0.05) is 24.8 Å². The molecule has 0 bridgehead atoms. The quantitative estimate of drug-likeness (QED) is 0.728. The first-order chi connectivity index (χ1) is 6.68. The molecule has 0 aliphatic carbocycles. The molecular formula is C11H17N3. The van der Waals surface area contributed by atoms with Crippen molar-refractivity contribution in [1.29, 1.82) is 0 Å². The summed E-state index contributed by atoms with van der Waals surface area (Å²) >= 11 is 0. The Labute approximate surface area is 84.9 Å². The highest BCUT2D eigenvalue weighted by atomic mass is 15.2. The van der Waals surface area contributed by atoms with Gasteiger partial charge in [0.05, 0.1) is 0 Å². The molecule has 1 aliphatic heterocycles. The number of aryl methyl sites for hydroxylation is 1. The van der Waals surface area contributed by atoms with Crippen molar-refractivity contribution >= 4 is 5.82 Å². The van der Waals surface area contributed by atoms with Gasteiger partial charge in [0.15, 0.2) is 0 Å². The van der Waals surface area contributed by atoms with Gasteiger partial charge < -0.3 is 10.6 Å². The predicted molar refractivity (Wildman–Crippen MR) is 58.4 cm³/mol. The molecule has 2 heterocycles. The lowest BCUT2D eigenvalue weighted by atomic mass is 10.2. The summed E-state index contributed by atoms with van der Waals surface area (Å²) < 4.78 is 0. The van der Waals surface area contributed by atoms with Gasteiger partial charge in [0.2, 0.25) is 0 Å². The van der Waals surface area contributed by atoms with E-state index in [1.807, 2.05) is 6.20 Å². The molecule has 1 aromatic rings. The maximum atomic E-state index is 5.97. The summed E-state index contributed by atoms with van der Waals surface area (Å²) in [5, 5.41) is 0. The third-order valence-corrected chi connectivity index (χ3v) is 3.00. The molecule has 0 spiro atoms. The van der Waals surface area contributed by atoms with Gasteiger partial charge in [0.25, 0.3) is 0 Å². The summed E-state index contributed by atoms with van der Waals surface area (Å²) in [7, 11) is 0. The molecule has 1 fully saturated rings. The molecular weight excluding hydrogens is 174 g/mol. The molecule has 0 saturated carbocycles. The van der Waals surface area contributed by atoms with E-state index < -0.39 is 0 Å². The second kappa shape index (κ2) is 3.58. The van der Waals surface area contributed by atoms with Crippen LogP contribution >= 0.6 is 0 Å². The number of aromatic nitrogens is 1. The highest BCUT2D eigenvalue weighted by Gasteiger charge is 2.28. The fourth-order valence-corrected chi connectivity index (χ4v) is 1.92. The first kappa shape index (κ1) is 9.46. The number of pyridine rings is 1. The average Bonchev–Trinajstić information content (AvgIpc) is 2.50. The third-order valence-electron chi connectivity index (χ3n) is 3.00. The van der Waals surface area contributed by atoms with E-state index in [2.05, 4.69) is 35.9 Å². The summed E-state index contributed by atoms with van der Waals surface area (Å²) in [6.07, 6.45) is 2.97. The van der Waals surface area contributed by atoms with Crippen LogP contribution in [0.25, 0.3) is 0 Å². The van der Waals surface area contributed by atoms with Crippen molar-refractivity contribution in [2.75, 3.05) is 11.4 Å². The van der Waals surface area contributed by atoms with Crippen LogP contribution in [0.5, 0.6) is 0 Å². The Morgan fingerprint density at radius 3 is 2.79 bits per heavy atom. The Hall–Kier alpha value is -1.09. The van der Waals surface area contributed by atoms with Crippen molar-refractivity contribution in [3.8, 4) is 0 Å². The molecule has 2 rings (SSSR count). The topological polar surface area (TPSA) is 42.1 Å². The smallest absolute Gasteiger partial charge is 0.128 e. The van der Waals surface area contributed by atoms with E-state index in [0.717, 1.165) is 18.8 Å². The predicted octanol–water partition coefficient (Wildman–Crippen LogP) is 1.32. The minimum Gasteiger partial charge on any atom is -0.352 e. The zero-order valence-electron chi connectivity index (χ0n) is 8.77. The largest absolute Gasteiger partial charge is 0.352 e. The lowest BCUT2D eigenvalue weighted by Gasteiger charge is -2.24. The number of nitrogens with two attached hydrogens (primary N) is 1. The molecule has 2 N–H and O–H groups in total. The van der Waals surface area contributed by atoms with Gasteiger partial charge in [0.1, 0.15) is 5.82 Å². The van der Waals surface area contributed by atoms with Crippen molar-refractivity contribution in [2.24, 2.45) is 5.73 Å². The van der Waals surface area contributed by atoms with Crippen LogP contribution in [0.1, 0.15) is 18.9 Å². The Kier molecular flexibility index (Phi) is 2.42. The van der Waals surface area contributed by atoms with E-state index in [1.165, 1.54) is 5.56 Å². The number of hydrogen-bond donors (Lipinski definition) is 1. The normalized spacial score (nSPS) is 26.9. The van der Waals surface area contributed by atoms with Crippen LogP contribution in [-0.4, -0.2) is 23.6 Å². The van der Waals surface area contributed by atoms with Crippen molar-refractivity contribution in [3.63, 3.8) is 0 Å². The third kappa shape index (κ3) is 1.60. The minimum atomic E-state index is 0.290. The van der Waals surface area contributed by atoms with E-state index in [9.17, 15) is 0 Å². The maximum absolute atomic E-state index is 5.97. The van der Waals surface area contributed by atoms with Gasteiger partial charge in [-0.25, -0.2) is 4.98 Å². The van der Waals surface area contributed by atoms with Crippen LogP contribution < -0.4 is 10.6 Å². The molecule has 1 aliphatic rings. The number of nitrogens with zero attached hydrogens (tertiary/aromatic N) is 2. The summed E-state index contributed by atoms with van der Waals surface area (Å²) in [4.78, 5) is 6.70. The second-order valence-corrected chi connectivity index (χ2v) is 4.08. The van der Waals surface area contributed by atoms with E-state index in [1.54, 1.807) is 0 Å². The first-order valence-electron chi connectivity index (χ1n) is 5.13. The average molecular weight is 191 g/mol. The fraction of sp³-hybridized carbons (Fsp3) is 0.545. The van der Waals surface area contributed by atoms with Gasteiger partial charge in [-0.3, -0.25) is 0 Å². The van der Waals surface area contributed by atoms with Crippen molar-refractivity contribution in [3.05, 3.63) is 23.9 Å². The van der Waals surface area contributed by atoms with E-state index in [0.29, 0.717) is 6.04 Å². The summed E-state index contributed by atoms with van der Waals surface area (Å²) in [6.45, 7) is 5.24. The minimum absolute atomic E-state index is 0.290. The molecule has 14 heavy (non-hydrogen) atoms. The van der Waals surface area contributed by atoms with Crippen LogP contribution in [0.3, 0.4) is 0 Å². The second-order valence-electron chi connectivity index (χ2n) is 4.08. The van der Waals surface area contributed by atoms with Crippen LogP contribution in [0.15, 0.2) is 18.3 Å². The first-order valence-corrected chi connectivity index (χ1v) is 5.13. The molecule has 0 radical (unpaired) electrons. The highest BCUT2D eigenvalue weighted by Crippen LogP contribution is 2.22. The Balaban J connectivity index is 2.19. The van der Waals surface area contributed by atoms with E-state index in [4.69, 9.17) is 5.73 Å². The van der Waals surface area contributed by atoms with Crippen LogP contribution in [0.4, 0.5) is 5.82 Å². The van der Waals surface area contributed by atoms with Gasteiger partial charge >= 0.3 is 0 Å². The fourth-order valence-electron chi connectivity index (χ4n) is 1.92. The van der Waals surface area contributed by atoms with Gasteiger partial charge in [-0.15, -0.1) is 0 Å². The van der Waals surface area contributed by atoms with Crippen LogP contribution in [0.2, 0.25) is 0 Å². The zero-order valence-corrected chi connectivity index (χ0v) is 8.77. The summed E-state index contributed by atoms with van der Waals surface area (Å²) in [5.74, 6) is 1.05. The van der Waals surface area contributed by atoms with Crippen LogP contribution in [0, 0.1) is 6.92 Å². The van der Waals surface area contributed by atoms with E-state index in [-0.39, 0.29) is 6.04 Å². The van der Waals surface area contributed by atoms with Crippen LogP contribution in [-0.2, 0) is 0 Å². The molecule has 0 aromatic carbocycles. The lowest BCUT2D eigenvalue weighted by Crippen LogP contribution is -2.37. The molecule has 1 aromatic heterocycles. The van der Waals surface area contributed by atoms with Gasteiger partial charge in [-0.1, -0.05) is 6.07 Å². The van der Waals surface area contributed by atoms with Crippen molar-refractivity contribution in [2.45, 2.75) is 32.4 Å². The highest BCUT2D eigenvalue weighted by molar-refractivity contribution is 5.42. The molecule has 1 saturated heterocycles. The Bertz CT molecular complexity index is 307. The number of anilines is 1. The lowest BCUT2D eigenvalue weighted by molar-refractivity contribution is 0.621. The SMILES string of the molecule is Cc1ccc(N2CCC(N)C2C)nc1. The van der Waals surface area contributed by atoms with Gasteiger partial charge in [-0.05, 0) is 31.9 Å². The molecule has 2 atom stereocenters. The monoisotopic (exact) mass is 191 g/mol. The van der Waals surface area contributed by atoms with Crippen molar-refractivity contribution < 1.29 is 0 Å². The maximum Gasteiger partial charge on any atom is 0.128 e. The molecule has 76 valence electrons. The summed E-state index contributed by atoms with van der Waals surface area (Å²) in [6, 6.07) is 4.87. The number of rotatable bonds is 1. The zero-order chi connectivity index (χ0) is 10.1. The molecule has 2 unspecified atom stereocenters. The number of hydrogen-bond acceptors (Lipinski definition) is 3. The van der Waals surface area contributed by atoms with E-state index >= 15 is 0 Å². The van der Waals surface area contributed by atoms with Crippen molar-refractivity contribution in [1.82, 2.24) is 4.98 Å². The summed E-state index contributed by atoms with van der Waals surface area (Å²) in [5.41, 5.74) is 7.17. The molecule has 3 heteroatoms. The standard InChI is InChI=1S/C11H17N3/c1-8-3-4-11(13-7-8)14-6-5-10(12)9(14)2/h3-4,7,9-10H,5-6,12H2,1-2H3. The van der Waals surface area contributed by atoms with Gasteiger partial charge in [-0.2, -0.15) is 0 Å². The molecule has 0 amide bonds. The Morgan fingerprint density at radius 2 is 2.29 bits per heavy atom. The molecule has 3 nitrogen and oxygen atoms in total.